The summed E-state index contributed by atoms with van der Waals surface area (Å²) in [6.45, 7) is 3.97. The molecule has 0 aliphatic heterocycles. The smallest absolute Gasteiger partial charge is 0.149 e. The Bertz CT molecular complexity index is 608. The summed E-state index contributed by atoms with van der Waals surface area (Å²) in [7, 11) is 0. The third kappa shape index (κ3) is 4.10. The number of aromatic nitrogens is 1. The second-order valence-electron chi connectivity index (χ2n) is 5.42. The highest BCUT2D eigenvalue weighted by atomic mass is 19.1. The molecule has 0 amide bonds. The lowest BCUT2D eigenvalue weighted by Gasteiger charge is -2.08. The summed E-state index contributed by atoms with van der Waals surface area (Å²) in [4.78, 5) is 3.93. The topological polar surface area (TPSA) is 12.9 Å². The molecule has 1 heterocycles. The summed E-state index contributed by atoms with van der Waals surface area (Å²) in [5.41, 5.74) is 2.61. The van der Waals surface area contributed by atoms with Crippen molar-refractivity contribution in [1.29, 1.82) is 0 Å². The highest BCUT2D eigenvalue weighted by Gasteiger charge is 2.09. The van der Waals surface area contributed by atoms with E-state index in [4.69, 9.17) is 0 Å². The molecule has 112 valence electrons. The Morgan fingerprint density at radius 2 is 1.81 bits per heavy atom. The van der Waals surface area contributed by atoms with Gasteiger partial charge in [-0.3, -0.25) is 4.98 Å². The van der Waals surface area contributed by atoms with Crippen LogP contribution in [-0.2, 0) is 6.42 Å². The van der Waals surface area contributed by atoms with E-state index >= 15 is 0 Å². The van der Waals surface area contributed by atoms with Gasteiger partial charge in [0.25, 0.3) is 0 Å². The lowest BCUT2D eigenvalue weighted by molar-refractivity contribution is 0.593. The maximum Gasteiger partial charge on any atom is 0.149 e. The fourth-order valence-corrected chi connectivity index (χ4v) is 2.44. The summed E-state index contributed by atoms with van der Waals surface area (Å²) in [6.07, 6.45) is 6.30. The first kappa shape index (κ1) is 15.6. The fraction of sp³-hybridized carbons (Fsp3) is 0.389. The van der Waals surface area contributed by atoms with Crippen molar-refractivity contribution < 1.29 is 8.78 Å². The molecular formula is C18H21F2N. The normalized spacial score (nSPS) is 10.9. The number of benzene rings is 1. The van der Waals surface area contributed by atoms with Gasteiger partial charge in [0, 0.05) is 11.3 Å². The molecule has 2 rings (SSSR count). The molecule has 0 radical (unpaired) electrons. The second-order valence-corrected chi connectivity index (χ2v) is 5.42. The van der Waals surface area contributed by atoms with Crippen LogP contribution in [0.5, 0.6) is 0 Å². The quantitative estimate of drug-likeness (QED) is 0.644. The molecule has 2 aromatic rings. The monoisotopic (exact) mass is 289 g/mol. The van der Waals surface area contributed by atoms with Crippen LogP contribution in [-0.4, -0.2) is 4.98 Å². The number of pyridine rings is 1. The Labute approximate surface area is 125 Å². The van der Waals surface area contributed by atoms with Crippen molar-refractivity contribution in [2.45, 2.75) is 46.0 Å². The molecule has 1 aromatic heterocycles. The number of rotatable bonds is 6. The zero-order valence-corrected chi connectivity index (χ0v) is 12.6. The first-order chi connectivity index (χ1) is 10.1. The Morgan fingerprint density at radius 1 is 1.00 bits per heavy atom. The standard InChI is InChI=1S/C18H21F2N/c1-3-4-5-6-7-15-11-14(8-9-17(15)19)16-10-13(2)21-12-18(16)20/h8-12H,3-7H2,1-2H3. The molecule has 21 heavy (non-hydrogen) atoms. The van der Waals surface area contributed by atoms with Crippen molar-refractivity contribution in [1.82, 2.24) is 4.98 Å². The van der Waals surface area contributed by atoms with Crippen LogP contribution in [0, 0.1) is 18.6 Å². The van der Waals surface area contributed by atoms with Gasteiger partial charge in [-0.25, -0.2) is 8.78 Å². The molecule has 0 bridgehead atoms. The Balaban J connectivity index is 2.23. The van der Waals surface area contributed by atoms with Gasteiger partial charge >= 0.3 is 0 Å². The molecule has 0 spiro atoms. The van der Waals surface area contributed by atoms with Crippen LogP contribution in [0.1, 0.15) is 43.9 Å². The second kappa shape index (κ2) is 7.30. The molecule has 0 fully saturated rings. The van der Waals surface area contributed by atoms with Gasteiger partial charge in [0.05, 0.1) is 6.20 Å². The highest BCUT2D eigenvalue weighted by molar-refractivity contribution is 5.65. The van der Waals surface area contributed by atoms with Crippen LogP contribution in [0.25, 0.3) is 11.1 Å². The molecule has 3 heteroatoms. The first-order valence-electron chi connectivity index (χ1n) is 7.52. The van der Waals surface area contributed by atoms with Crippen LogP contribution in [0.15, 0.2) is 30.5 Å². The van der Waals surface area contributed by atoms with E-state index in [0.717, 1.165) is 25.0 Å². The van der Waals surface area contributed by atoms with E-state index in [9.17, 15) is 8.78 Å². The van der Waals surface area contributed by atoms with Gasteiger partial charge in [0.15, 0.2) is 0 Å². The maximum atomic E-state index is 13.9. The average Bonchev–Trinajstić information content (AvgIpc) is 2.48. The van der Waals surface area contributed by atoms with Gasteiger partial charge in [0.1, 0.15) is 11.6 Å². The molecule has 0 saturated carbocycles. The van der Waals surface area contributed by atoms with E-state index in [1.54, 1.807) is 18.2 Å². The minimum atomic E-state index is -0.371. The van der Waals surface area contributed by atoms with E-state index in [1.807, 2.05) is 6.92 Å². The summed E-state index contributed by atoms with van der Waals surface area (Å²) in [5.74, 6) is -0.578. The molecule has 0 saturated heterocycles. The Kier molecular flexibility index (Phi) is 5.43. The summed E-state index contributed by atoms with van der Waals surface area (Å²) in [6, 6.07) is 6.52. The Morgan fingerprint density at radius 3 is 2.57 bits per heavy atom. The van der Waals surface area contributed by atoms with Crippen LogP contribution in [0.2, 0.25) is 0 Å². The van der Waals surface area contributed by atoms with Crippen molar-refractivity contribution >= 4 is 0 Å². The largest absolute Gasteiger partial charge is 0.259 e. The lowest BCUT2D eigenvalue weighted by Crippen LogP contribution is -1.95. The van der Waals surface area contributed by atoms with Gasteiger partial charge < -0.3 is 0 Å². The molecule has 1 aromatic carbocycles. The predicted octanol–water partition coefficient (Wildman–Crippen LogP) is 5.46. The van der Waals surface area contributed by atoms with Gasteiger partial charge in [-0.1, -0.05) is 32.3 Å². The zero-order valence-electron chi connectivity index (χ0n) is 12.6. The van der Waals surface area contributed by atoms with Crippen molar-refractivity contribution in [2.75, 3.05) is 0 Å². The lowest BCUT2D eigenvalue weighted by atomic mass is 9.99. The summed E-state index contributed by atoms with van der Waals surface area (Å²) < 4.78 is 27.8. The molecule has 1 nitrogen and oxygen atoms in total. The van der Waals surface area contributed by atoms with Crippen LogP contribution >= 0.6 is 0 Å². The minimum Gasteiger partial charge on any atom is -0.259 e. The number of unbranched alkanes of at least 4 members (excludes halogenated alkanes) is 3. The van der Waals surface area contributed by atoms with E-state index < -0.39 is 0 Å². The third-order valence-corrected chi connectivity index (χ3v) is 3.65. The van der Waals surface area contributed by atoms with Gasteiger partial charge in [0.2, 0.25) is 0 Å². The van der Waals surface area contributed by atoms with E-state index in [1.165, 1.54) is 18.7 Å². The van der Waals surface area contributed by atoms with Gasteiger partial charge in [-0.05, 0) is 49.1 Å². The van der Waals surface area contributed by atoms with Crippen molar-refractivity contribution in [3.63, 3.8) is 0 Å². The van der Waals surface area contributed by atoms with Crippen LogP contribution in [0.4, 0.5) is 8.78 Å². The maximum absolute atomic E-state index is 13.9. The SMILES string of the molecule is CCCCCCc1cc(-c2cc(C)ncc2F)ccc1F. The molecule has 0 aliphatic carbocycles. The Hall–Kier alpha value is -1.77. The van der Waals surface area contributed by atoms with Crippen LogP contribution in [0.3, 0.4) is 0 Å². The molecule has 0 aliphatic rings. The molecule has 0 atom stereocenters. The van der Waals surface area contributed by atoms with Gasteiger partial charge in [-0.2, -0.15) is 0 Å². The summed E-state index contributed by atoms with van der Waals surface area (Å²) >= 11 is 0. The van der Waals surface area contributed by atoms with Crippen molar-refractivity contribution in [2.24, 2.45) is 0 Å². The van der Waals surface area contributed by atoms with E-state index in [2.05, 4.69) is 11.9 Å². The first-order valence-corrected chi connectivity index (χ1v) is 7.52. The summed E-state index contributed by atoms with van der Waals surface area (Å²) in [5, 5.41) is 0. The van der Waals surface area contributed by atoms with Gasteiger partial charge in [-0.15, -0.1) is 0 Å². The predicted molar refractivity (Wildman–Crippen MR) is 82.2 cm³/mol. The third-order valence-electron chi connectivity index (χ3n) is 3.65. The highest BCUT2D eigenvalue weighted by Crippen LogP contribution is 2.26. The number of hydrogen-bond acceptors (Lipinski definition) is 1. The van der Waals surface area contributed by atoms with E-state index in [0.29, 0.717) is 23.1 Å². The van der Waals surface area contributed by atoms with E-state index in [-0.39, 0.29) is 11.6 Å². The minimum absolute atomic E-state index is 0.207. The van der Waals surface area contributed by atoms with Crippen molar-refractivity contribution in [3.8, 4) is 11.1 Å². The number of halogens is 2. The fourth-order valence-electron chi connectivity index (χ4n) is 2.44. The number of aryl methyl sites for hydroxylation is 2. The average molecular weight is 289 g/mol. The number of nitrogens with zero attached hydrogens (tertiary/aromatic N) is 1. The molecule has 0 unspecified atom stereocenters. The molecule has 0 N–H and O–H groups in total. The zero-order chi connectivity index (χ0) is 15.2. The number of hydrogen-bond donors (Lipinski definition) is 0. The van der Waals surface area contributed by atoms with Crippen LogP contribution < -0.4 is 0 Å². The molecular weight excluding hydrogens is 268 g/mol. The van der Waals surface area contributed by atoms with Crippen molar-refractivity contribution in [3.05, 3.63) is 53.4 Å².